The minimum absolute atomic E-state index is 0.0998. The lowest BCUT2D eigenvalue weighted by Crippen LogP contribution is -2.07. The summed E-state index contributed by atoms with van der Waals surface area (Å²) in [6, 6.07) is 14.0. The molecule has 0 fully saturated rings. The van der Waals surface area contributed by atoms with Crippen molar-refractivity contribution in [2.75, 3.05) is 0 Å². The SMILES string of the molecule is CCc1cc(OCc2ccccc2)c2cnn(C(C)=O)c2c1. The number of aryl methyl sites for hydroxylation is 1. The number of hydrogen-bond acceptors (Lipinski definition) is 3. The fraction of sp³-hybridized carbons (Fsp3) is 0.222. The molecule has 0 bridgehead atoms. The molecule has 0 unspecified atom stereocenters. The molecule has 0 saturated heterocycles. The average Bonchev–Trinajstić information content (AvgIpc) is 2.97. The Hall–Kier alpha value is -2.62. The molecule has 1 aromatic heterocycles. The van der Waals surface area contributed by atoms with Crippen LogP contribution in [-0.4, -0.2) is 15.7 Å². The monoisotopic (exact) mass is 294 g/mol. The third-order valence-corrected chi connectivity index (χ3v) is 3.65. The molecule has 0 saturated carbocycles. The molecule has 0 aliphatic carbocycles. The van der Waals surface area contributed by atoms with E-state index in [1.165, 1.54) is 11.6 Å². The Balaban J connectivity index is 1.99. The van der Waals surface area contributed by atoms with Gasteiger partial charge in [0.2, 0.25) is 5.91 Å². The van der Waals surface area contributed by atoms with Gasteiger partial charge in [0.15, 0.2) is 0 Å². The van der Waals surface area contributed by atoms with E-state index in [1.54, 1.807) is 6.20 Å². The molecular formula is C18H18N2O2. The second-order valence-electron chi connectivity index (χ2n) is 5.23. The van der Waals surface area contributed by atoms with Crippen LogP contribution < -0.4 is 4.74 Å². The Morgan fingerprint density at radius 3 is 2.64 bits per heavy atom. The van der Waals surface area contributed by atoms with Crippen molar-refractivity contribution in [3.63, 3.8) is 0 Å². The van der Waals surface area contributed by atoms with Crippen molar-refractivity contribution in [1.29, 1.82) is 0 Å². The average molecular weight is 294 g/mol. The Kier molecular flexibility index (Phi) is 3.92. The highest BCUT2D eigenvalue weighted by atomic mass is 16.5. The number of rotatable bonds is 4. The van der Waals surface area contributed by atoms with Gasteiger partial charge in [-0.1, -0.05) is 37.3 Å². The van der Waals surface area contributed by atoms with Crippen molar-refractivity contribution >= 4 is 16.8 Å². The maximum Gasteiger partial charge on any atom is 0.244 e. The predicted molar refractivity (Wildman–Crippen MR) is 86.2 cm³/mol. The summed E-state index contributed by atoms with van der Waals surface area (Å²) in [6.45, 7) is 4.08. The molecule has 0 spiro atoms. The smallest absolute Gasteiger partial charge is 0.244 e. The van der Waals surface area contributed by atoms with E-state index in [1.807, 2.05) is 42.5 Å². The second kappa shape index (κ2) is 6.02. The summed E-state index contributed by atoms with van der Waals surface area (Å²) in [7, 11) is 0. The number of nitrogens with zero attached hydrogens (tertiary/aromatic N) is 2. The van der Waals surface area contributed by atoms with Crippen LogP contribution in [0.1, 0.15) is 29.8 Å². The van der Waals surface area contributed by atoms with Gasteiger partial charge < -0.3 is 4.74 Å². The van der Waals surface area contributed by atoms with Gasteiger partial charge >= 0.3 is 0 Å². The van der Waals surface area contributed by atoms with Gasteiger partial charge in [0.1, 0.15) is 12.4 Å². The topological polar surface area (TPSA) is 44.1 Å². The van der Waals surface area contributed by atoms with Crippen LogP contribution in [0.15, 0.2) is 48.7 Å². The molecule has 3 aromatic rings. The van der Waals surface area contributed by atoms with E-state index in [-0.39, 0.29) is 5.91 Å². The summed E-state index contributed by atoms with van der Waals surface area (Å²) in [5, 5.41) is 5.04. The molecule has 3 rings (SSSR count). The van der Waals surface area contributed by atoms with E-state index in [9.17, 15) is 4.79 Å². The molecule has 4 nitrogen and oxygen atoms in total. The van der Waals surface area contributed by atoms with Crippen molar-refractivity contribution in [2.45, 2.75) is 26.9 Å². The quantitative estimate of drug-likeness (QED) is 0.734. The zero-order chi connectivity index (χ0) is 15.5. The lowest BCUT2D eigenvalue weighted by atomic mass is 10.1. The van der Waals surface area contributed by atoms with E-state index < -0.39 is 0 Å². The normalized spacial score (nSPS) is 10.8. The highest BCUT2D eigenvalue weighted by Crippen LogP contribution is 2.28. The lowest BCUT2D eigenvalue weighted by Gasteiger charge is -2.10. The molecule has 0 N–H and O–H groups in total. The first-order valence-electron chi connectivity index (χ1n) is 7.37. The number of fused-ring (bicyclic) bond motifs is 1. The van der Waals surface area contributed by atoms with Crippen LogP contribution >= 0.6 is 0 Å². The lowest BCUT2D eigenvalue weighted by molar-refractivity contribution is 0.0927. The van der Waals surface area contributed by atoms with Gasteiger partial charge in [-0.15, -0.1) is 0 Å². The molecule has 0 atom stereocenters. The minimum Gasteiger partial charge on any atom is -0.488 e. The molecule has 0 radical (unpaired) electrons. The van der Waals surface area contributed by atoms with Crippen LogP contribution in [0, 0.1) is 0 Å². The van der Waals surface area contributed by atoms with E-state index in [2.05, 4.69) is 12.0 Å². The fourth-order valence-corrected chi connectivity index (χ4v) is 2.46. The maximum absolute atomic E-state index is 11.7. The Bertz CT molecular complexity index is 807. The Labute approximate surface area is 129 Å². The zero-order valence-corrected chi connectivity index (χ0v) is 12.7. The predicted octanol–water partition coefficient (Wildman–Crippen LogP) is 3.84. The van der Waals surface area contributed by atoms with Crippen LogP contribution in [0.4, 0.5) is 0 Å². The summed E-state index contributed by atoms with van der Waals surface area (Å²) in [5.74, 6) is 0.669. The van der Waals surface area contributed by atoms with Crippen LogP contribution in [0.2, 0.25) is 0 Å². The summed E-state index contributed by atoms with van der Waals surface area (Å²) < 4.78 is 7.40. The summed E-state index contributed by atoms with van der Waals surface area (Å²) in [5.41, 5.74) is 3.03. The number of aromatic nitrogens is 2. The zero-order valence-electron chi connectivity index (χ0n) is 12.7. The first-order valence-corrected chi connectivity index (χ1v) is 7.37. The van der Waals surface area contributed by atoms with Crippen LogP contribution in [0.5, 0.6) is 5.75 Å². The largest absolute Gasteiger partial charge is 0.488 e. The first-order chi connectivity index (χ1) is 10.7. The van der Waals surface area contributed by atoms with Crippen molar-refractivity contribution < 1.29 is 9.53 Å². The van der Waals surface area contributed by atoms with Crippen molar-refractivity contribution in [2.24, 2.45) is 0 Å². The molecule has 2 aromatic carbocycles. The molecule has 112 valence electrons. The van der Waals surface area contributed by atoms with Gasteiger partial charge in [-0.25, -0.2) is 4.68 Å². The van der Waals surface area contributed by atoms with E-state index in [4.69, 9.17) is 4.74 Å². The number of ether oxygens (including phenoxy) is 1. The highest BCUT2D eigenvalue weighted by molar-refractivity contribution is 5.93. The highest BCUT2D eigenvalue weighted by Gasteiger charge is 2.12. The van der Waals surface area contributed by atoms with Gasteiger partial charge in [0.25, 0.3) is 0 Å². The molecule has 22 heavy (non-hydrogen) atoms. The molecule has 1 heterocycles. The second-order valence-corrected chi connectivity index (χ2v) is 5.23. The number of hydrogen-bond donors (Lipinski definition) is 0. The van der Waals surface area contributed by atoms with Crippen LogP contribution in [0.3, 0.4) is 0 Å². The van der Waals surface area contributed by atoms with Gasteiger partial charge in [-0.2, -0.15) is 5.10 Å². The van der Waals surface area contributed by atoms with Gasteiger partial charge in [-0.3, -0.25) is 4.79 Å². The van der Waals surface area contributed by atoms with Crippen molar-refractivity contribution in [3.8, 4) is 5.75 Å². The van der Waals surface area contributed by atoms with Gasteiger partial charge in [0, 0.05) is 6.92 Å². The summed E-state index contributed by atoms with van der Waals surface area (Å²) >= 11 is 0. The number of carbonyl (C=O) groups is 1. The maximum atomic E-state index is 11.7. The molecule has 0 amide bonds. The molecular weight excluding hydrogens is 276 g/mol. The van der Waals surface area contributed by atoms with Crippen LogP contribution in [0.25, 0.3) is 10.9 Å². The molecule has 0 aliphatic heterocycles. The number of carbonyl (C=O) groups excluding carboxylic acids is 1. The van der Waals surface area contributed by atoms with Crippen LogP contribution in [-0.2, 0) is 13.0 Å². The molecule has 4 heteroatoms. The summed E-state index contributed by atoms with van der Waals surface area (Å²) in [6.07, 6.45) is 2.57. The van der Waals surface area contributed by atoms with Gasteiger partial charge in [0.05, 0.1) is 17.1 Å². The molecule has 0 aliphatic rings. The van der Waals surface area contributed by atoms with E-state index >= 15 is 0 Å². The third kappa shape index (κ3) is 2.72. The fourth-order valence-electron chi connectivity index (χ4n) is 2.46. The Morgan fingerprint density at radius 1 is 1.18 bits per heavy atom. The van der Waals surface area contributed by atoms with E-state index in [0.29, 0.717) is 6.61 Å². The van der Waals surface area contributed by atoms with Crippen molar-refractivity contribution in [1.82, 2.24) is 9.78 Å². The standard InChI is InChI=1S/C18H18N2O2/c1-3-14-9-17-16(11-19-20(17)13(2)21)18(10-14)22-12-15-7-5-4-6-8-15/h4-11H,3,12H2,1-2H3. The summed E-state index contributed by atoms with van der Waals surface area (Å²) in [4.78, 5) is 11.7. The van der Waals surface area contributed by atoms with E-state index in [0.717, 1.165) is 34.2 Å². The third-order valence-electron chi connectivity index (χ3n) is 3.65. The minimum atomic E-state index is -0.0998. The first kappa shape index (κ1) is 14.3. The number of benzene rings is 2. The Morgan fingerprint density at radius 2 is 1.95 bits per heavy atom. The van der Waals surface area contributed by atoms with Gasteiger partial charge in [-0.05, 0) is 29.7 Å². The van der Waals surface area contributed by atoms with Crippen molar-refractivity contribution in [3.05, 3.63) is 59.8 Å².